The van der Waals surface area contributed by atoms with E-state index >= 15 is 0 Å². The number of benzene rings is 1. The summed E-state index contributed by atoms with van der Waals surface area (Å²) >= 11 is 1.78. The fraction of sp³-hybridized carbons (Fsp3) is 0.381. The maximum absolute atomic E-state index is 5.58. The zero-order valence-electron chi connectivity index (χ0n) is 16.0. The van der Waals surface area contributed by atoms with Gasteiger partial charge in [-0.25, -0.2) is 4.98 Å². The number of thioether (sulfide) groups is 1. The molecule has 27 heavy (non-hydrogen) atoms. The number of ether oxygens (including phenoxy) is 3. The summed E-state index contributed by atoms with van der Waals surface area (Å²) in [6.07, 6.45) is 7.96. The topological polar surface area (TPSA) is 52.6 Å². The number of nitrogens with one attached hydrogen (secondary N) is 1. The van der Waals surface area contributed by atoms with E-state index in [1.807, 2.05) is 37.4 Å². The van der Waals surface area contributed by atoms with Crippen LogP contribution in [0.25, 0.3) is 12.2 Å². The molecule has 0 aliphatic rings. The van der Waals surface area contributed by atoms with Crippen LogP contribution in [0.4, 0.5) is 5.69 Å². The Kier molecular flexibility index (Phi) is 10.4. The molecule has 1 aromatic heterocycles. The molecule has 0 atom stereocenters. The third kappa shape index (κ3) is 8.95. The highest BCUT2D eigenvalue weighted by Gasteiger charge is 1.97. The van der Waals surface area contributed by atoms with Gasteiger partial charge in [-0.15, -0.1) is 0 Å². The standard InChI is InChI=1S/C21H28N2O3S/c1-22-20-8-5-18(6-9-20)3-4-19-7-10-21(23-17-19)26-14-13-24-11-12-25-15-16-27-2/h3-10,17,22H,11-16H2,1-2H3/b4-3+. The fourth-order valence-electron chi connectivity index (χ4n) is 2.20. The minimum atomic E-state index is 0.477. The van der Waals surface area contributed by atoms with E-state index in [0.29, 0.717) is 32.3 Å². The van der Waals surface area contributed by atoms with E-state index in [1.54, 1.807) is 18.0 Å². The first kappa shape index (κ1) is 21.3. The van der Waals surface area contributed by atoms with Gasteiger partial charge in [0.15, 0.2) is 0 Å². The van der Waals surface area contributed by atoms with E-state index in [9.17, 15) is 0 Å². The molecule has 6 heteroatoms. The largest absolute Gasteiger partial charge is 0.475 e. The predicted octanol–water partition coefficient (Wildman–Crippen LogP) is 4.07. The summed E-state index contributed by atoms with van der Waals surface area (Å²) in [6.45, 7) is 2.98. The molecule has 2 rings (SSSR count). The van der Waals surface area contributed by atoms with Crippen molar-refractivity contribution in [1.82, 2.24) is 4.98 Å². The quantitative estimate of drug-likeness (QED) is 0.522. The molecule has 0 aliphatic heterocycles. The second kappa shape index (κ2) is 13.2. The number of hydrogen-bond donors (Lipinski definition) is 1. The Morgan fingerprint density at radius 3 is 2.22 bits per heavy atom. The van der Waals surface area contributed by atoms with Crippen LogP contribution in [0.15, 0.2) is 42.6 Å². The number of hydrogen-bond acceptors (Lipinski definition) is 6. The predicted molar refractivity (Wildman–Crippen MR) is 115 cm³/mol. The van der Waals surface area contributed by atoms with E-state index in [-0.39, 0.29) is 0 Å². The van der Waals surface area contributed by atoms with Crippen LogP contribution in [-0.2, 0) is 9.47 Å². The van der Waals surface area contributed by atoms with Gasteiger partial charge in [-0.3, -0.25) is 0 Å². The molecule has 1 aromatic carbocycles. The minimum absolute atomic E-state index is 0.477. The summed E-state index contributed by atoms with van der Waals surface area (Å²) in [6, 6.07) is 12.1. The van der Waals surface area contributed by atoms with Gasteiger partial charge in [0.05, 0.1) is 26.4 Å². The number of aromatic nitrogens is 1. The van der Waals surface area contributed by atoms with Gasteiger partial charge in [0, 0.05) is 30.8 Å². The molecule has 0 unspecified atom stereocenters. The number of rotatable bonds is 13. The average molecular weight is 389 g/mol. The van der Waals surface area contributed by atoms with E-state index < -0.39 is 0 Å². The number of nitrogens with zero attached hydrogens (tertiary/aromatic N) is 1. The van der Waals surface area contributed by atoms with Crippen molar-refractivity contribution in [3.8, 4) is 5.88 Å². The maximum Gasteiger partial charge on any atom is 0.213 e. The van der Waals surface area contributed by atoms with Gasteiger partial charge in [-0.05, 0) is 35.6 Å². The van der Waals surface area contributed by atoms with Crippen LogP contribution in [0.2, 0.25) is 0 Å². The van der Waals surface area contributed by atoms with Gasteiger partial charge < -0.3 is 19.5 Å². The molecule has 1 N–H and O–H groups in total. The molecule has 5 nitrogen and oxygen atoms in total. The van der Waals surface area contributed by atoms with Crippen LogP contribution in [-0.4, -0.2) is 57.1 Å². The van der Waals surface area contributed by atoms with Crippen LogP contribution < -0.4 is 10.1 Å². The zero-order valence-corrected chi connectivity index (χ0v) is 16.8. The lowest BCUT2D eigenvalue weighted by Crippen LogP contribution is -2.12. The molecule has 0 spiro atoms. The Morgan fingerprint density at radius 1 is 0.889 bits per heavy atom. The Morgan fingerprint density at radius 2 is 1.56 bits per heavy atom. The van der Waals surface area contributed by atoms with E-state index in [0.717, 1.165) is 29.2 Å². The fourth-order valence-corrected chi connectivity index (χ4v) is 2.48. The molecule has 0 radical (unpaired) electrons. The normalized spacial score (nSPS) is 11.0. The zero-order chi connectivity index (χ0) is 19.2. The second-order valence-corrected chi connectivity index (χ2v) is 6.69. The average Bonchev–Trinajstić information content (AvgIpc) is 2.72. The van der Waals surface area contributed by atoms with Crippen molar-refractivity contribution in [2.45, 2.75) is 0 Å². The molecule has 0 saturated carbocycles. The van der Waals surface area contributed by atoms with Crippen molar-refractivity contribution in [2.24, 2.45) is 0 Å². The molecular formula is C21H28N2O3S. The highest BCUT2D eigenvalue weighted by molar-refractivity contribution is 7.98. The molecule has 0 saturated heterocycles. The van der Waals surface area contributed by atoms with Gasteiger partial charge >= 0.3 is 0 Å². The van der Waals surface area contributed by atoms with Crippen LogP contribution in [0, 0.1) is 0 Å². The monoisotopic (exact) mass is 388 g/mol. The Labute approximate surface area is 166 Å². The second-order valence-electron chi connectivity index (χ2n) is 5.70. The molecule has 0 aliphatic carbocycles. The van der Waals surface area contributed by atoms with Gasteiger partial charge in [0.25, 0.3) is 0 Å². The SMILES string of the molecule is CNc1ccc(/C=C/c2ccc(OCCOCCOCCSC)nc2)cc1. The number of pyridine rings is 1. The molecule has 0 amide bonds. The molecule has 2 aromatic rings. The highest BCUT2D eigenvalue weighted by atomic mass is 32.2. The first-order valence-corrected chi connectivity index (χ1v) is 10.4. The van der Waals surface area contributed by atoms with Gasteiger partial charge in [0.2, 0.25) is 5.88 Å². The number of anilines is 1. The third-order valence-corrected chi connectivity index (χ3v) is 4.28. The summed E-state index contributed by atoms with van der Waals surface area (Å²) in [7, 11) is 1.91. The minimum Gasteiger partial charge on any atom is -0.475 e. The summed E-state index contributed by atoms with van der Waals surface area (Å²) in [5.41, 5.74) is 3.27. The Bertz CT molecular complexity index is 660. The molecule has 0 bridgehead atoms. The first-order valence-electron chi connectivity index (χ1n) is 9.01. The van der Waals surface area contributed by atoms with Crippen molar-refractivity contribution in [3.63, 3.8) is 0 Å². The van der Waals surface area contributed by atoms with Crippen LogP contribution in [0.3, 0.4) is 0 Å². The van der Waals surface area contributed by atoms with Crippen molar-refractivity contribution >= 4 is 29.6 Å². The van der Waals surface area contributed by atoms with Gasteiger partial charge in [-0.2, -0.15) is 11.8 Å². The lowest BCUT2D eigenvalue weighted by atomic mass is 10.1. The summed E-state index contributed by atoms with van der Waals surface area (Å²) in [5, 5.41) is 3.11. The molecule has 146 valence electrons. The summed E-state index contributed by atoms with van der Waals surface area (Å²) < 4.78 is 16.5. The van der Waals surface area contributed by atoms with Crippen molar-refractivity contribution in [1.29, 1.82) is 0 Å². The molecule has 0 fully saturated rings. The van der Waals surface area contributed by atoms with Crippen LogP contribution in [0.1, 0.15) is 11.1 Å². The van der Waals surface area contributed by atoms with E-state index in [4.69, 9.17) is 14.2 Å². The van der Waals surface area contributed by atoms with Gasteiger partial charge in [-0.1, -0.05) is 24.3 Å². The molecule has 1 heterocycles. The third-order valence-electron chi connectivity index (χ3n) is 3.71. The summed E-state index contributed by atoms with van der Waals surface area (Å²) in [5.74, 6) is 1.62. The summed E-state index contributed by atoms with van der Waals surface area (Å²) in [4.78, 5) is 4.32. The van der Waals surface area contributed by atoms with Crippen LogP contribution >= 0.6 is 11.8 Å². The lowest BCUT2D eigenvalue weighted by molar-refractivity contribution is 0.0407. The maximum atomic E-state index is 5.58. The van der Waals surface area contributed by atoms with Crippen molar-refractivity contribution < 1.29 is 14.2 Å². The van der Waals surface area contributed by atoms with Gasteiger partial charge in [0.1, 0.15) is 6.61 Å². The highest BCUT2D eigenvalue weighted by Crippen LogP contribution is 2.13. The molecular weight excluding hydrogens is 360 g/mol. The van der Waals surface area contributed by atoms with Crippen molar-refractivity contribution in [2.75, 3.05) is 57.4 Å². The van der Waals surface area contributed by atoms with E-state index in [2.05, 4.69) is 34.8 Å². The lowest BCUT2D eigenvalue weighted by Gasteiger charge is -2.07. The van der Waals surface area contributed by atoms with E-state index in [1.165, 1.54) is 0 Å². The van der Waals surface area contributed by atoms with Crippen molar-refractivity contribution in [3.05, 3.63) is 53.7 Å². The van der Waals surface area contributed by atoms with Crippen LogP contribution in [0.5, 0.6) is 5.88 Å². The Hall–Kier alpha value is -2.02. The first-order chi connectivity index (χ1) is 13.3. The smallest absolute Gasteiger partial charge is 0.213 e. The Balaban J connectivity index is 1.63.